The van der Waals surface area contributed by atoms with Crippen LogP contribution in [-0.2, 0) is 4.79 Å². The maximum absolute atomic E-state index is 11.2. The lowest BCUT2D eigenvalue weighted by atomic mass is 9.73. The molecular weight excluding hydrogens is 200 g/mol. The smallest absolute Gasteiger partial charge is 0.224 e. The highest BCUT2D eigenvalue weighted by molar-refractivity contribution is 5.80. The first-order chi connectivity index (χ1) is 7.26. The average Bonchev–Trinajstić information content (AvgIpc) is 2.15. The zero-order valence-electron chi connectivity index (χ0n) is 11.1. The van der Waals surface area contributed by atoms with Gasteiger partial charge in [0.2, 0.25) is 5.91 Å². The molecule has 1 rings (SSSR count). The fraction of sp³-hybridized carbons (Fsp3) is 0.923. The Kier molecular flexibility index (Phi) is 4.00. The van der Waals surface area contributed by atoms with E-state index < -0.39 is 5.41 Å². The van der Waals surface area contributed by atoms with Crippen LogP contribution in [0.4, 0.5) is 0 Å². The largest absolute Gasteiger partial charge is 0.369 e. The lowest BCUT2D eigenvalue weighted by Crippen LogP contribution is -2.49. The van der Waals surface area contributed by atoms with E-state index in [0.717, 1.165) is 0 Å². The Labute approximate surface area is 99.2 Å². The molecule has 0 spiro atoms. The number of primary amides is 1. The van der Waals surface area contributed by atoms with Crippen molar-refractivity contribution < 1.29 is 4.79 Å². The van der Waals surface area contributed by atoms with Gasteiger partial charge in [-0.1, -0.05) is 26.7 Å². The van der Waals surface area contributed by atoms with Crippen LogP contribution in [0, 0.1) is 10.8 Å². The van der Waals surface area contributed by atoms with Gasteiger partial charge in [-0.05, 0) is 32.1 Å². The molecule has 0 aromatic rings. The van der Waals surface area contributed by atoms with E-state index in [0.29, 0.717) is 18.0 Å². The summed E-state index contributed by atoms with van der Waals surface area (Å²) < 4.78 is 0. The van der Waals surface area contributed by atoms with E-state index >= 15 is 0 Å². The molecule has 3 nitrogen and oxygen atoms in total. The molecule has 94 valence electrons. The lowest BCUT2D eigenvalue weighted by Gasteiger charge is -2.40. The fourth-order valence-corrected chi connectivity index (χ4v) is 2.34. The van der Waals surface area contributed by atoms with E-state index in [1.807, 2.05) is 13.8 Å². The number of carbonyl (C=O) groups excluding carboxylic acids is 1. The molecule has 1 amide bonds. The van der Waals surface area contributed by atoms with Crippen molar-refractivity contribution in [2.75, 3.05) is 6.54 Å². The highest BCUT2D eigenvalue weighted by atomic mass is 16.1. The summed E-state index contributed by atoms with van der Waals surface area (Å²) in [5.74, 6) is -0.228. The second-order valence-corrected chi connectivity index (χ2v) is 6.42. The van der Waals surface area contributed by atoms with Crippen molar-refractivity contribution >= 4 is 5.91 Å². The van der Waals surface area contributed by atoms with Crippen molar-refractivity contribution in [1.82, 2.24) is 5.32 Å². The Balaban J connectivity index is 2.51. The molecule has 0 radical (unpaired) electrons. The van der Waals surface area contributed by atoms with Crippen LogP contribution in [0.15, 0.2) is 0 Å². The van der Waals surface area contributed by atoms with Crippen LogP contribution < -0.4 is 11.1 Å². The summed E-state index contributed by atoms with van der Waals surface area (Å²) in [4.78, 5) is 11.2. The highest BCUT2D eigenvalue weighted by Crippen LogP contribution is 2.35. The number of nitrogens with two attached hydrogens (primary N) is 1. The van der Waals surface area contributed by atoms with Crippen LogP contribution in [0.2, 0.25) is 0 Å². The number of rotatable bonds is 4. The molecule has 1 aliphatic carbocycles. The number of amides is 1. The minimum Gasteiger partial charge on any atom is -0.369 e. The van der Waals surface area contributed by atoms with Crippen molar-refractivity contribution in [3.63, 3.8) is 0 Å². The quantitative estimate of drug-likeness (QED) is 0.771. The minimum atomic E-state index is -0.451. The zero-order chi connectivity index (χ0) is 12.4. The maximum atomic E-state index is 11.2. The van der Waals surface area contributed by atoms with Crippen molar-refractivity contribution in [1.29, 1.82) is 0 Å². The van der Waals surface area contributed by atoms with Crippen LogP contribution in [0.5, 0.6) is 0 Å². The number of hydrogen-bond acceptors (Lipinski definition) is 2. The van der Waals surface area contributed by atoms with Crippen LogP contribution >= 0.6 is 0 Å². The predicted molar refractivity (Wildman–Crippen MR) is 67.0 cm³/mol. The molecule has 1 fully saturated rings. The summed E-state index contributed by atoms with van der Waals surface area (Å²) in [6, 6.07) is 0.514. The van der Waals surface area contributed by atoms with E-state index in [-0.39, 0.29) is 5.91 Å². The first-order valence-corrected chi connectivity index (χ1v) is 6.29. The van der Waals surface area contributed by atoms with Gasteiger partial charge in [0.25, 0.3) is 0 Å². The Hall–Kier alpha value is -0.570. The fourth-order valence-electron chi connectivity index (χ4n) is 2.34. The summed E-state index contributed by atoms with van der Waals surface area (Å²) in [7, 11) is 0. The van der Waals surface area contributed by atoms with Crippen LogP contribution in [0.1, 0.15) is 53.4 Å². The van der Waals surface area contributed by atoms with Crippen LogP contribution in [0.3, 0.4) is 0 Å². The van der Waals surface area contributed by atoms with Crippen molar-refractivity contribution in [2.24, 2.45) is 16.6 Å². The van der Waals surface area contributed by atoms with Gasteiger partial charge in [0.05, 0.1) is 5.41 Å². The van der Waals surface area contributed by atoms with Gasteiger partial charge in [-0.15, -0.1) is 0 Å². The van der Waals surface area contributed by atoms with E-state index in [9.17, 15) is 4.79 Å². The van der Waals surface area contributed by atoms with Crippen LogP contribution in [0.25, 0.3) is 0 Å². The third-order valence-corrected chi connectivity index (χ3v) is 3.96. The minimum absolute atomic E-state index is 0.228. The molecule has 0 aromatic heterocycles. The molecule has 3 heteroatoms. The highest BCUT2D eigenvalue weighted by Gasteiger charge is 2.34. The Bertz CT molecular complexity index is 259. The standard InChI is InChI=1S/C13H26N2O/c1-12(2)8-6-5-7-10(12)15-9-13(3,4)11(14)16/h10,15H,5-9H2,1-4H3,(H2,14,16). The van der Waals surface area contributed by atoms with E-state index in [4.69, 9.17) is 5.73 Å². The Morgan fingerprint density at radius 1 is 1.44 bits per heavy atom. The van der Waals surface area contributed by atoms with Gasteiger partial charge in [0.15, 0.2) is 0 Å². The lowest BCUT2D eigenvalue weighted by molar-refractivity contribution is -0.125. The molecule has 0 bridgehead atoms. The second kappa shape index (κ2) is 4.74. The van der Waals surface area contributed by atoms with Gasteiger partial charge in [0.1, 0.15) is 0 Å². The molecular formula is C13H26N2O. The first kappa shape index (κ1) is 13.5. The summed E-state index contributed by atoms with van der Waals surface area (Å²) in [6.07, 6.45) is 5.09. The number of hydrogen-bond donors (Lipinski definition) is 2. The molecule has 0 heterocycles. The van der Waals surface area contributed by atoms with Gasteiger partial charge in [-0.25, -0.2) is 0 Å². The van der Waals surface area contributed by atoms with E-state index in [2.05, 4.69) is 19.2 Å². The molecule has 1 unspecified atom stereocenters. The average molecular weight is 226 g/mol. The first-order valence-electron chi connectivity index (χ1n) is 6.29. The van der Waals surface area contributed by atoms with Gasteiger partial charge >= 0.3 is 0 Å². The normalized spacial score (nSPS) is 25.4. The predicted octanol–water partition coefficient (Wildman–Crippen LogP) is 2.06. The number of carbonyl (C=O) groups is 1. The molecule has 1 saturated carbocycles. The zero-order valence-corrected chi connectivity index (χ0v) is 11.1. The maximum Gasteiger partial charge on any atom is 0.224 e. The summed E-state index contributed by atoms with van der Waals surface area (Å²) in [5, 5.41) is 3.53. The topological polar surface area (TPSA) is 55.1 Å². The van der Waals surface area contributed by atoms with E-state index in [1.165, 1.54) is 25.7 Å². The molecule has 0 aliphatic heterocycles. The van der Waals surface area contributed by atoms with Gasteiger partial charge in [-0.3, -0.25) is 4.79 Å². The molecule has 0 saturated heterocycles. The number of nitrogens with one attached hydrogen (secondary N) is 1. The summed E-state index contributed by atoms with van der Waals surface area (Å²) in [5.41, 5.74) is 5.26. The summed E-state index contributed by atoms with van der Waals surface area (Å²) >= 11 is 0. The van der Waals surface area contributed by atoms with Gasteiger partial charge in [-0.2, -0.15) is 0 Å². The van der Waals surface area contributed by atoms with Gasteiger partial charge in [0, 0.05) is 12.6 Å². The molecule has 1 aliphatic rings. The third-order valence-electron chi connectivity index (χ3n) is 3.96. The molecule has 3 N–H and O–H groups in total. The third kappa shape index (κ3) is 3.21. The van der Waals surface area contributed by atoms with Crippen molar-refractivity contribution in [3.8, 4) is 0 Å². The van der Waals surface area contributed by atoms with Gasteiger partial charge < -0.3 is 11.1 Å². The van der Waals surface area contributed by atoms with E-state index in [1.54, 1.807) is 0 Å². The SMILES string of the molecule is CC(C)(CNC1CCCCC1(C)C)C(N)=O. The molecule has 0 aromatic carbocycles. The van der Waals surface area contributed by atoms with Crippen molar-refractivity contribution in [2.45, 2.75) is 59.4 Å². The van der Waals surface area contributed by atoms with Crippen molar-refractivity contribution in [3.05, 3.63) is 0 Å². The van der Waals surface area contributed by atoms with Crippen LogP contribution in [-0.4, -0.2) is 18.5 Å². The Morgan fingerprint density at radius 2 is 2.06 bits per heavy atom. The molecule has 1 atom stereocenters. The monoisotopic (exact) mass is 226 g/mol. The molecule has 16 heavy (non-hydrogen) atoms. The summed E-state index contributed by atoms with van der Waals surface area (Å²) in [6.45, 7) is 9.09. The second-order valence-electron chi connectivity index (χ2n) is 6.42. The Morgan fingerprint density at radius 3 is 2.56 bits per heavy atom.